The molecule has 92 valence electrons. The van der Waals surface area contributed by atoms with E-state index < -0.39 is 0 Å². The number of halogens is 2. The van der Waals surface area contributed by atoms with Crippen LogP contribution in [0.2, 0.25) is 5.15 Å². The molecule has 0 bridgehead atoms. The van der Waals surface area contributed by atoms with Crippen LogP contribution in [0.1, 0.15) is 10.4 Å². The Balaban J connectivity index is 2.43. The summed E-state index contributed by atoms with van der Waals surface area (Å²) in [6, 6.07) is 8.85. The van der Waals surface area contributed by atoms with Gasteiger partial charge in [0.05, 0.1) is 17.6 Å². The van der Waals surface area contributed by atoms with E-state index in [-0.39, 0.29) is 17.6 Å². The third-order valence-corrected chi connectivity index (χ3v) is 2.70. The van der Waals surface area contributed by atoms with Crippen molar-refractivity contribution < 1.29 is 4.79 Å². The van der Waals surface area contributed by atoms with Crippen LogP contribution >= 0.6 is 23.2 Å². The SMILES string of the molecule is C=C(Cl)CNC(=O)c1cc(Cl)nc2ccccc12. The van der Waals surface area contributed by atoms with Gasteiger partial charge in [-0.2, -0.15) is 0 Å². The predicted octanol–water partition coefficient (Wildman–Crippen LogP) is 3.37. The molecule has 0 aliphatic carbocycles. The maximum atomic E-state index is 12.0. The van der Waals surface area contributed by atoms with E-state index in [2.05, 4.69) is 16.9 Å². The third-order valence-electron chi connectivity index (χ3n) is 2.37. The van der Waals surface area contributed by atoms with Crippen molar-refractivity contribution >= 4 is 40.0 Å². The first-order valence-electron chi connectivity index (χ1n) is 5.24. The van der Waals surface area contributed by atoms with Crippen LogP contribution in [0.15, 0.2) is 41.9 Å². The molecule has 2 aromatic rings. The second-order valence-electron chi connectivity index (χ2n) is 3.71. The predicted molar refractivity (Wildman–Crippen MR) is 74.1 cm³/mol. The fourth-order valence-electron chi connectivity index (χ4n) is 1.60. The highest BCUT2D eigenvalue weighted by molar-refractivity contribution is 6.30. The van der Waals surface area contributed by atoms with Crippen molar-refractivity contribution in [1.29, 1.82) is 0 Å². The van der Waals surface area contributed by atoms with E-state index in [9.17, 15) is 4.79 Å². The van der Waals surface area contributed by atoms with Gasteiger partial charge in [-0.3, -0.25) is 4.79 Å². The number of pyridine rings is 1. The van der Waals surface area contributed by atoms with E-state index in [1.165, 1.54) is 6.07 Å². The van der Waals surface area contributed by atoms with Crippen molar-refractivity contribution in [2.24, 2.45) is 0 Å². The van der Waals surface area contributed by atoms with Crippen molar-refractivity contribution in [2.45, 2.75) is 0 Å². The molecule has 5 heteroatoms. The summed E-state index contributed by atoms with van der Waals surface area (Å²) in [5, 5.41) is 4.06. The number of amides is 1. The molecule has 0 saturated carbocycles. The average Bonchev–Trinajstić information content (AvgIpc) is 2.34. The summed E-state index contributed by atoms with van der Waals surface area (Å²) in [7, 11) is 0. The number of nitrogens with zero attached hydrogens (tertiary/aromatic N) is 1. The topological polar surface area (TPSA) is 42.0 Å². The molecule has 18 heavy (non-hydrogen) atoms. The first kappa shape index (κ1) is 12.9. The summed E-state index contributed by atoms with van der Waals surface area (Å²) in [4.78, 5) is 16.2. The minimum Gasteiger partial charge on any atom is -0.347 e. The second-order valence-corrected chi connectivity index (χ2v) is 4.63. The Morgan fingerprint density at radius 3 is 2.83 bits per heavy atom. The monoisotopic (exact) mass is 280 g/mol. The minimum atomic E-state index is -0.252. The molecule has 0 unspecified atom stereocenters. The molecular weight excluding hydrogens is 271 g/mol. The summed E-state index contributed by atoms with van der Waals surface area (Å²) in [6.07, 6.45) is 0. The Bertz CT molecular complexity index is 625. The van der Waals surface area contributed by atoms with Gasteiger partial charge in [0.2, 0.25) is 0 Å². The zero-order valence-corrected chi connectivity index (χ0v) is 10.9. The largest absolute Gasteiger partial charge is 0.347 e. The quantitative estimate of drug-likeness (QED) is 0.876. The molecule has 0 aliphatic heterocycles. The second kappa shape index (κ2) is 5.38. The Kier molecular flexibility index (Phi) is 3.84. The molecule has 1 N–H and O–H groups in total. The van der Waals surface area contributed by atoms with Crippen LogP contribution in [-0.4, -0.2) is 17.4 Å². The number of hydrogen-bond acceptors (Lipinski definition) is 2. The Morgan fingerprint density at radius 1 is 1.39 bits per heavy atom. The lowest BCUT2D eigenvalue weighted by Gasteiger charge is -2.07. The Labute approximate surface area is 114 Å². The van der Waals surface area contributed by atoms with E-state index in [0.29, 0.717) is 16.1 Å². The van der Waals surface area contributed by atoms with Gasteiger partial charge in [0.1, 0.15) is 5.15 Å². The van der Waals surface area contributed by atoms with E-state index in [0.717, 1.165) is 5.39 Å². The fourth-order valence-corrected chi connectivity index (χ4v) is 1.87. The normalized spacial score (nSPS) is 10.3. The van der Waals surface area contributed by atoms with Gasteiger partial charge in [0.15, 0.2) is 0 Å². The molecular formula is C13H10Cl2N2O. The highest BCUT2D eigenvalue weighted by Gasteiger charge is 2.11. The third kappa shape index (κ3) is 2.81. The smallest absolute Gasteiger partial charge is 0.252 e. The van der Waals surface area contributed by atoms with Crippen LogP contribution < -0.4 is 5.32 Å². The van der Waals surface area contributed by atoms with Crippen LogP contribution in [0, 0.1) is 0 Å². The molecule has 1 heterocycles. The van der Waals surface area contributed by atoms with Crippen molar-refractivity contribution in [3.8, 4) is 0 Å². The van der Waals surface area contributed by atoms with Crippen LogP contribution in [-0.2, 0) is 0 Å². The van der Waals surface area contributed by atoms with Crippen molar-refractivity contribution in [2.75, 3.05) is 6.54 Å². The highest BCUT2D eigenvalue weighted by Crippen LogP contribution is 2.20. The van der Waals surface area contributed by atoms with Crippen LogP contribution in [0.3, 0.4) is 0 Å². The van der Waals surface area contributed by atoms with E-state index in [1.54, 1.807) is 6.07 Å². The van der Waals surface area contributed by atoms with Crippen molar-refractivity contribution in [1.82, 2.24) is 10.3 Å². The molecule has 0 atom stereocenters. The van der Waals surface area contributed by atoms with E-state index in [4.69, 9.17) is 23.2 Å². The van der Waals surface area contributed by atoms with Gasteiger partial charge in [0.25, 0.3) is 5.91 Å². The molecule has 1 amide bonds. The maximum absolute atomic E-state index is 12.0. The van der Waals surface area contributed by atoms with Crippen LogP contribution in [0.25, 0.3) is 10.9 Å². The zero-order valence-electron chi connectivity index (χ0n) is 9.41. The summed E-state index contributed by atoms with van der Waals surface area (Å²) < 4.78 is 0. The van der Waals surface area contributed by atoms with Gasteiger partial charge in [-0.05, 0) is 12.1 Å². The van der Waals surface area contributed by atoms with Crippen LogP contribution in [0.4, 0.5) is 0 Å². The fraction of sp³-hybridized carbons (Fsp3) is 0.0769. The standard InChI is InChI=1S/C13H10Cl2N2O/c1-8(14)7-16-13(18)10-6-12(15)17-11-5-3-2-4-9(10)11/h2-6H,1,7H2,(H,16,18). The summed E-state index contributed by atoms with van der Waals surface area (Å²) >= 11 is 11.5. The number of para-hydroxylation sites is 1. The van der Waals surface area contributed by atoms with Crippen molar-refractivity contribution in [3.63, 3.8) is 0 Å². The number of aromatic nitrogens is 1. The molecule has 0 spiro atoms. The molecule has 1 aromatic carbocycles. The number of nitrogens with one attached hydrogen (secondary N) is 1. The molecule has 1 aromatic heterocycles. The van der Waals surface area contributed by atoms with Gasteiger partial charge < -0.3 is 5.32 Å². The molecule has 0 radical (unpaired) electrons. The first-order chi connectivity index (χ1) is 8.58. The number of benzene rings is 1. The van der Waals surface area contributed by atoms with Gasteiger partial charge >= 0.3 is 0 Å². The molecule has 0 fully saturated rings. The molecule has 0 saturated heterocycles. The summed E-state index contributed by atoms with van der Waals surface area (Å²) in [5.41, 5.74) is 1.16. The zero-order chi connectivity index (χ0) is 13.1. The van der Waals surface area contributed by atoms with E-state index >= 15 is 0 Å². The summed E-state index contributed by atoms with van der Waals surface area (Å²) in [5.74, 6) is -0.252. The van der Waals surface area contributed by atoms with E-state index in [1.807, 2.05) is 18.2 Å². The van der Waals surface area contributed by atoms with Gasteiger partial charge in [0, 0.05) is 10.4 Å². The summed E-state index contributed by atoms with van der Waals surface area (Å²) in [6.45, 7) is 3.73. The molecule has 0 aliphatic rings. The minimum absolute atomic E-state index is 0.217. The average molecular weight is 281 g/mol. The van der Waals surface area contributed by atoms with Gasteiger partial charge in [-0.25, -0.2) is 4.98 Å². The number of fused-ring (bicyclic) bond motifs is 1. The molecule has 3 nitrogen and oxygen atoms in total. The lowest BCUT2D eigenvalue weighted by Crippen LogP contribution is -2.24. The number of carbonyl (C=O) groups is 1. The highest BCUT2D eigenvalue weighted by atomic mass is 35.5. The van der Waals surface area contributed by atoms with Gasteiger partial charge in [-0.15, -0.1) is 0 Å². The van der Waals surface area contributed by atoms with Gasteiger partial charge in [-0.1, -0.05) is 48.0 Å². The first-order valence-corrected chi connectivity index (χ1v) is 6.00. The number of rotatable bonds is 3. The Hall–Kier alpha value is -1.58. The lowest BCUT2D eigenvalue weighted by molar-refractivity contribution is 0.0959. The maximum Gasteiger partial charge on any atom is 0.252 e. The van der Waals surface area contributed by atoms with Crippen LogP contribution in [0.5, 0.6) is 0 Å². The number of carbonyl (C=O) groups excluding carboxylic acids is 1. The lowest BCUT2D eigenvalue weighted by atomic mass is 10.1. The Morgan fingerprint density at radius 2 is 2.11 bits per heavy atom. The van der Waals surface area contributed by atoms with Crippen molar-refractivity contribution in [3.05, 3.63) is 52.7 Å². The number of hydrogen-bond donors (Lipinski definition) is 1. The molecule has 2 rings (SSSR count).